The predicted molar refractivity (Wildman–Crippen MR) is 132 cm³/mol. The third-order valence-electron chi connectivity index (χ3n) is 7.12. The Labute approximate surface area is 204 Å². The number of nitrogens with zero attached hydrogens (tertiary/aromatic N) is 2. The van der Waals surface area contributed by atoms with Crippen LogP contribution in [0.15, 0.2) is 48.7 Å². The van der Waals surface area contributed by atoms with E-state index in [1.165, 1.54) is 0 Å². The van der Waals surface area contributed by atoms with E-state index in [-0.39, 0.29) is 17.9 Å². The number of H-pyrrole nitrogens is 1. The van der Waals surface area contributed by atoms with E-state index >= 15 is 0 Å². The lowest BCUT2D eigenvalue weighted by Gasteiger charge is -2.31. The van der Waals surface area contributed by atoms with Crippen LogP contribution < -0.4 is 14.8 Å². The number of rotatable bonds is 7. The topological polar surface area (TPSA) is 96.5 Å². The number of carbonyl (C=O) groups excluding carboxylic acids is 2. The molecule has 35 heavy (non-hydrogen) atoms. The Morgan fingerprint density at radius 1 is 1.09 bits per heavy atom. The number of nitrogens with one attached hydrogen (secondary N) is 2. The normalized spacial score (nSPS) is 19.4. The van der Waals surface area contributed by atoms with E-state index in [2.05, 4.69) is 15.5 Å². The number of ether oxygens (including phenoxy) is 2. The number of aromatic amines is 1. The van der Waals surface area contributed by atoms with E-state index in [1.807, 2.05) is 41.3 Å². The average molecular weight is 475 g/mol. The molecule has 1 fully saturated rings. The van der Waals surface area contributed by atoms with Crippen molar-refractivity contribution in [3.05, 3.63) is 65.4 Å². The number of hydrogen-bond acceptors (Lipinski definition) is 5. The van der Waals surface area contributed by atoms with Crippen molar-refractivity contribution in [1.29, 1.82) is 0 Å². The SMILES string of the molecule is COc1ccc(-c2[nH]ncc2C(=O)NC2CCC(CN3Cc4ccccc4C3=O)CC2)c(OC)c1. The molecule has 0 saturated heterocycles. The van der Waals surface area contributed by atoms with Crippen LogP contribution in [-0.4, -0.2) is 53.7 Å². The third kappa shape index (κ3) is 4.60. The van der Waals surface area contributed by atoms with E-state index in [4.69, 9.17) is 9.47 Å². The van der Waals surface area contributed by atoms with Gasteiger partial charge >= 0.3 is 0 Å². The van der Waals surface area contributed by atoms with Crippen molar-refractivity contribution < 1.29 is 19.1 Å². The van der Waals surface area contributed by atoms with Crippen LogP contribution in [-0.2, 0) is 6.54 Å². The van der Waals surface area contributed by atoms with Gasteiger partial charge in [-0.05, 0) is 55.4 Å². The number of amides is 2. The van der Waals surface area contributed by atoms with Gasteiger partial charge in [-0.25, -0.2) is 0 Å². The van der Waals surface area contributed by atoms with Crippen LogP contribution in [0.4, 0.5) is 0 Å². The molecule has 2 aliphatic rings. The Morgan fingerprint density at radius 3 is 2.63 bits per heavy atom. The summed E-state index contributed by atoms with van der Waals surface area (Å²) in [4.78, 5) is 27.8. The van der Waals surface area contributed by atoms with Gasteiger partial charge in [0.1, 0.15) is 11.5 Å². The number of methoxy groups -OCH3 is 2. The van der Waals surface area contributed by atoms with Crippen LogP contribution in [0, 0.1) is 5.92 Å². The molecule has 0 unspecified atom stereocenters. The molecule has 2 N–H and O–H groups in total. The second kappa shape index (κ2) is 9.82. The van der Waals surface area contributed by atoms with Gasteiger partial charge in [0.05, 0.1) is 31.7 Å². The van der Waals surface area contributed by atoms with Crippen molar-refractivity contribution in [3.63, 3.8) is 0 Å². The Bertz CT molecular complexity index is 1230. The molecule has 0 bridgehead atoms. The molecule has 1 aliphatic heterocycles. The maximum Gasteiger partial charge on any atom is 0.255 e. The molecular weight excluding hydrogens is 444 g/mol. The lowest BCUT2D eigenvalue weighted by atomic mass is 9.85. The molecule has 5 rings (SSSR count). The van der Waals surface area contributed by atoms with Gasteiger partial charge in [0.15, 0.2) is 0 Å². The van der Waals surface area contributed by atoms with Gasteiger partial charge in [-0.15, -0.1) is 0 Å². The molecule has 3 aromatic rings. The zero-order chi connectivity index (χ0) is 24.4. The minimum atomic E-state index is -0.153. The van der Waals surface area contributed by atoms with Crippen molar-refractivity contribution in [1.82, 2.24) is 20.4 Å². The molecule has 0 spiro atoms. The van der Waals surface area contributed by atoms with Crippen LogP contribution in [0.1, 0.15) is 52.0 Å². The van der Waals surface area contributed by atoms with Gasteiger partial charge in [0, 0.05) is 36.3 Å². The van der Waals surface area contributed by atoms with Crippen LogP contribution in [0.3, 0.4) is 0 Å². The predicted octanol–water partition coefficient (Wildman–Crippen LogP) is 4.04. The molecule has 0 radical (unpaired) electrons. The van der Waals surface area contributed by atoms with Crippen molar-refractivity contribution in [2.45, 2.75) is 38.3 Å². The van der Waals surface area contributed by atoms with E-state index in [0.717, 1.165) is 48.9 Å². The molecule has 1 saturated carbocycles. The zero-order valence-corrected chi connectivity index (χ0v) is 20.0. The molecule has 2 aromatic carbocycles. The van der Waals surface area contributed by atoms with Crippen molar-refractivity contribution in [2.24, 2.45) is 5.92 Å². The number of aromatic nitrogens is 2. The van der Waals surface area contributed by atoms with Gasteiger partial charge in [-0.1, -0.05) is 18.2 Å². The quantitative estimate of drug-likeness (QED) is 0.539. The van der Waals surface area contributed by atoms with Crippen LogP contribution in [0.2, 0.25) is 0 Å². The molecule has 1 aromatic heterocycles. The fraction of sp³-hybridized carbons (Fsp3) is 0.370. The minimum Gasteiger partial charge on any atom is -0.497 e. The summed E-state index contributed by atoms with van der Waals surface area (Å²) in [5, 5.41) is 10.2. The summed E-state index contributed by atoms with van der Waals surface area (Å²) in [6, 6.07) is 13.4. The molecular formula is C27H30N4O4. The number of carbonyl (C=O) groups is 2. The highest BCUT2D eigenvalue weighted by Gasteiger charge is 2.31. The van der Waals surface area contributed by atoms with Crippen molar-refractivity contribution >= 4 is 11.8 Å². The van der Waals surface area contributed by atoms with Gasteiger partial charge in [0.2, 0.25) is 0 Å². The Balaban J connectivity index is 1.18. The second-order valence-corrected chi connectivity index (χ2v) is 9.26. The highest BCUT2D eigenvalue weighted by atomic mass is 16.5. The first-order valence-corrected chi connectivity index (χ1v) is 12.0. The maximum atomic E-state index is 13.1. The standard InChI is InChI=1S/C27H30N4O4/c1-34-20-11-12-22(24(13-20)35-2)25-23(14-28-30-25)26(32)29-19-9-7-17(8-10-19)15-31-16-18-5-3-4-6-21(18)27(31)33/h3-6,11-14,17,19H,7-10,15-16H2,1-2H3,(H,28,30)(H,29,32). The van der Waals surface area contributed by atoms with Gasteiger partial charge in [-0.2, -0.15) is 5.10 Å². The smallest absolute Gasteiger partial charge is 0.255 e. The largest absolute Gasteiger partial charge is 0.497 e. The first-order valence-electron chi connectivity index (χ1n) is 12.0. The van der Waals surface area contributed by atoms with Gasteiger partial charge in [0.25, 0.3) is 11.8 Å². The maximum absolute atomic E-state index is 13.1. The van der Waals surface area contributed by atoms with E-state index in [0.29, 0.717) is 35.2 Å². The van der Waals surface area contributed by atoms with Gasteiger partial charge < -0.3 is 19.7 Å². The van der Waals surface area contributed by atoms with Crippen LogP contribution >= 0.6 is 0 Å². The fourth-order valence-corrected chi connectivity index (χ4v) is 5.19. The summed E-state index contributed by atoms with van der Waals surface area (Å²) in [5.74, 6) is 1.71. The summed E-state index contributed by atoms with van der Waals surface area (Å²) in [5.41, 5.74) is 3.79. The van der Waals surface area contributed by atoms with E-state index < -0.39 is 0 Å². The van der Waals surface area contributed by atoms with E-state index in [1.54, 1.807) is 26.5 Å². The monoisotopic (exact) mass is 474 g/mol. The lowest BCUT2D eigenvalue weighted by molar-refractivity contribution is 0.0732. The minimum absolute atomic E-state index is 0.103. The highest BCUT2D eigenvalue weighted by molar-refractivity contribution is 6.00. The first-order chi connectivity index (χ1) is 17.1. The van der Waals surface area contributed by atoms with Crippen LogP contribution in [0.5, 0.6) is 11.5 Å². The summed E-state index contributed by atoms with van der Waals surface area (Å²) in [7, 11) is 3.18. The van der Waals surface area contributed by atoms with Crippen molar-refractivity contribution in [2.75, 3.05) is 20.8 Å². The summed E-state index contributed by atoms with van der Waals surface area (Å²) in [6.07, 6.45) is 5.30. The van der Waals surface area contributed by atoms with Crippen LogP contribution in [0.25, 0.3) is 11.3 Å². The fourth-order valence-electron chi connectivity index (χ4n) is 5.19. The Morgan fingerprint density at radius 2 is 1.89 bits per heavy atom. The summed E-state index contributed by atoms with van der Waals surface area (Å²) < 4.78 is 10.8. The Hall–Kier alpha value is -3.81. The molecule has 8 nitrogen and oxygen atoms in total. The molecule has 8 heteroatoms. The summed E-state index contributed by atoms with van der Waals surface area (Å²) in [6.45, 7) is 1.47. The zero-order valence-electron chi connectivity index (χ0n) is 20.0. The molecule has 2 heterocycles. The Kier molecular flexibility index (Phi) is 6.44. The third-order valence-corrected chi connectivity index (χ3v) is 7.12. The first kappa shape index (κ1) is 23.0. The summed E-state index contributed by atoms with van der Waals surface area (Å²) >= 11 is 0. The lowest BCUT2D eigenvalue weighted by Crippen LogP contribution is -2.40. The molecule has 2 amide bonds. The average Bonchev–Trinajstić information content (AvgIpc) is 3.50. The number of benzene rings is 2. The molecule has 182 valence electrons. The van der Waals surface area contributed by atoms with Crippen molar-refractivity contribution in [3.8, 4) is 22.8 Å². The molecule has 0 atom stereocenters. The second-order valence-electron chi connectivity index (χ2n) is 9.26. The van der Waals surface area contributed by atoms with Gasteiger partial charge in [-0.3, -0.25) is 14.7 Å². The van der Waals surface area contributed by atoms with E-state index in [9.17, 15) is 9.59 Å². The highest BCUT2D eigenvalue weighted by Crippen LogP contribution is 2.34. The molecule has 1 aliphatic carbocycles. The number of fused-ring (bicyclic) bond motifs is 1. The number of hydrogen-bond donors (Lipinski definition) is 2.